The Morgan fingerprint density at radius 1 is 1.32 bits per heavy atom. The van der Waals surface area contributed by atoms with Gasteiger partial charge in [-0.25, -0.2) is 0 Å². The van der Waals surface area contributed by atoms with Crippen LogP contribution in [0, 0.1) is 13.8 Å². The molecule has 0 radical (unpaired) electrons. The Morgan fingerprint density at radius 3 is 2.84 bits per heavy atom. The molecule has 0 bridgehead atoms. The molecule has 1 unspecified atom stereocenters. The van der Waals surface area contributed by atoms with Gasteiger partial charge in [-0.15, -0.1) is 0 Å². The molecule has 7 heteroatoms. The van der Waals surface area contributed by atoms with Crippen molar-refractivity contribution in [3.63, 3.8) is 0 Å². The highest BCUT2D eigenvalue weighted by atomic mass is 16.5. The lowest BCUT2D eigenvalue weighted by Crippen LogP contribution is -2.28. The van der Waals surface area contributed by atoms with Crippen molar-refractivity contribution in [2.75, 3.05) is 0 Å². The van der Waals surface area contributed by atoms with Crippen LogP contribution in [0.4, 0.5) is 0 Å². The van der Waals surface area contributed by atoms with Crippen LogP contribution in [0.25, 0.3) is 11.4 Å². The molecular weight excluding hydrogens is 318 g/mol. The molecule has 1 aliphatic carbocycles. The first-order valence-corrected chi connectivity index (χ1v) is 8.26. The Bertz CT molecular complexity index is 956. The number of hydrogen-bond acceptors (Lipinski definition) is 5. The zero-order chi connectivity index (χ0) is 17.6. The first-order valence-electron chi connectivity index (χ1n) is 8.26. The average Bonchev–Trinajstić information content (AvgIpc) is 3.26. The summed E-state index contributed by atoms with van der Waals surface area (Å²) in [5.74, 6) is 1.05. The Morgan fingerprint density at radius 2 is 2.16 bits per heavy atom. The third-order valence-corrected chi connectivity index (χ3v) is 4.55. The predicted molar refractivity (Wildman–Crippen MR) is 90.9 cm³/mol. The summed E-state index contributed by atoms with van der Waals surface area (Å²) in [4.78, 5) is 16.8. The monoisotopic (exact) mass is 337 g/mol. The van der Waals surface area contributed by atoms with Crippen LogP contribution in [0.3, 0.4) is 0 Å². The third kappa shape index (κ3) is 2.82. The molecule has 0 saturated heterocycles. The average molecular weight is 337 g/mol. The van der Waals surface area contributed by atoms with Crippen LogP contribution in [0.15, 0.2) is 28.8 Å². The number of fused-ring (bicyclic) bond motifs is 1. The minimum Gasteiger partial charge on any atom is -0.344 e. The molecule has 7 nitrogen and oxygen atoms in total. The standard InChI is InChI=1S/C18H19N5O2/c1-10-8-16(23(3)21-10)18(24)20-15-7-5-12-9-13(4-6-14(12)15)17-19-11(2)25-22-17/h4,6,8-9,15H,5,7H2,1-3H3,(H,20,24). The molecule has 0 saturated carbocycles. The predicted octanol–water partition coefficient (Wildman–Crippen LogP) is 2.50. The molecule has 1 atom stereocenters. The fourth-order valence-corrected chi connectivity index (χ4v) is 3.38. The van der Waals surface area contributed by atoms with E-state index in [0.717, 1.165) is 29.7 Å². The molecule has 2 aromatic heterocycles. The fraction of sp³-hybridized carbons (Fsp3) is 0.333. The van der Waals surface area contributed by atoms with E-state index in [-0.39, 0.29) is 11.9 Å². The van der Waals surface area contributed by atoms with Crippen molar-refractivity contribution < 1.29 is 9.32 Å². The van der Waals surface area contributed by atoms with Crippen LogP contribution in [0.5, 0.6) is 0 Å². The molecule has 1 aromatic carbocycles. The van der Waals surface area contributed by atoms with Gasteiger partial charge < -0.3 is 9.84 Å². The molecule has 3 aromatic rings. The molecular formula is C18H19N5O2. The third-order valence-electron chi connectivity index (χ3n) is 4.55. The first kappa shape index (κ1) is 15.6. The summed E-state index contributed by atoms with van der Waals surface area (Å²) in [5.41, 5.74) is 4.71. The number of amides is 1. The van der Waals surface area contributed by atoms with E-state index < -0.39 is 0 Å². The number of aromatic nitrogens is 4. The van der Waals surface area contributed by atoms with E-state index in [4.69, 9.17) is 4.52 Å². The molecule has 1 N–H and O–H groups in total. The second kappa shape index (κ2) is 5.84. The number of nitrogens with zero attached hydrogens (tertiary/aromatic N) is 4. The normalized spacial score (nSPS) is 16.0. The Balaban J connectivity index is 1.56. The summed E-state index contributed by atoms with van der Waals surface area (Å²) in [6, 6.07) is 7.91. The van der Waals surface area contributed by atoms with Crippen molar-refractivity contribution >= 4 is 5.91 Å². The van der Waals surface area contributed by atoms with Gasteiger partial charge in [0.15, 0.2) is 0 Å². The minimum atomic E-state index is -0.0983. The van der Waals surface area contributed by atoms with Crippen molar-refractivity contribution in [3.8, 4) is 11.4 Å². The summed E-state index contributed by atoms with van der Waals surface area (Å²) in [7, 11) is 1.78. The fourth-order valence-electron chi connectivity index (χ4n) is 3.38. The minimum absolute atomic E-state index is 0.0127. The summed E-state index contributed by atoms with van der Waals surface area (Å²) >= 11 is 0. The van der Waals surface area contributed by atoms with Gasteiger partial charge in [-0.05, 0) is 43.0 Å². The summed E-state index contributed by atoms with van der Waals surface area (Å²) < 4.78 is 6.66. The summed E-state index contributed by atoms with van der Waals surface area (Å²) in [6.45, 7) is 3.65. The maximum absolute atomic E-state index is 12.5. The van der Waals surface area contributed by atoms with Crippen molar-refractivity contribution in [3.05, 3.63) is 52.7 Å². The molecule has 1 amide bonds. The van der Waals surface area contributed by atoms with Gasteiger partial charge in [0, 0.05) is 19.5 Å². The molecule has 0 spiro atoms. The van der Waals surface area contributed by atoms with Crippen LogP contribution in [0.1, 0.15) is 45.7 Å². The zero-order valence-electron chi connectivity index (χ0n) is 14.4. The topological polar surface area (TPSA) is 85.8 Å². The van der Waals surface area contributed by atoms with Crippen LogP contribution < -0.4 is 5.32 Å². The van der Waals surface area contributed by atoms with E-state index in [9.17, 15) is 4.79 Å². The highest BCUT2D eigenvalue weighted by Crippen LogP contribution is 2.33. The second-order valence-corrected chi connectivity index (χ2v) is 6.41. The van der Waals surface area contributed by atoms with Gasteiger partial charge in [0.05, 0.1) is 11.7 Å². The van der Waals surface area contributed by atoms with E-state index in [0.29, 0.717) is 17.4 Å². The first-order chi connectivity index (χ1) is 12.0. The van der Waals surface area contributed by atoms with E-state index in [2.05, 4.69) is 26.6 Å². The maximum Gasteiger partial charge on any atom is 0.270 e. The molecule has 25 heavy (non-hydrogen) atoms. The molecule has 128 valence electrons. The number of hydrogen-bond donors (Lipinski definition) is 1. The quantitative estimate of drug-likeness (QED) is 0.793. The highest BCUT2D eigenvalue weighted by Gasteiger charge is 2.26. The number of rotatable bonds is 3. The molecule has 4 rings (SSSR count). The van der Waals surface area contributed by atoms with Gasteiger partial charge >= 0.3 is 0 Å². The van der Waals surface area contributed by atoms with Crippen molar-refractivity contribution in [2.24, 2.45) is 7.05 Å². The lowest BCUT2D eigenvalue weighted by atomic mass is 10.0. The Kier molecular flexibility index (Phi) is 3.63. The second-order valence-electron chi connectivity index (χ2n) is 6.41. The van der Waals surface area contributed by atoms with Crippen molar-refractivity contribution in [1.82, 2.24) is 25.2 Å². The number of carbonyl (C=O) groups is 1. The lowest BCUT2D eigenvalue weighted by molar-refractivity contribution is 0.0927. The number of benzene rings is 1. The summed E-state index contributed by atoms with van der Waals surface area (Å²) in [5, 5.41) is 11.3. The maximum atomic E-state index is 12.5. The van der Waals surface area contributed by atoms with Crippen LogP contribution in [-0.4, -0.2) is 25.8 Å². The van der Waals surface area contributed by atoms with Gasteiger partial charge in [-0.3, -0.25) is 9.48 Å². The van der Waals surface area contributed by atoms with Crippen LogP contribution in [-0.2, 0) is 13.5 Å². The lowest BCUT2D eigenvalue weighted by Gasteiger charge is -2.14. The van der Waals surface area contributed by atoms with Gasteiger partial charge in [0.2, 0.25) is 11.7 Å². The van der Waals surface area contributed by atoms with Crippen LogP contribution >= 0.6 is 0 Å². The summed E-state index contributed by atoms with van der Waals surface area (Å²) in [6.07, 6.45) is 1.79. The van der Waals surface area contributed by atoms with Gasteiger partial charge in [0.25, 0.3) is 5.91 Å². The SMILES string of the molecule is Cc1cc(C(=O)NC2CCc3cc(-c4noc(C)n4)ccc32)n(C)n1. The van der Waals surface area contributed by atoms with E-state index in [1.165, 1.54) is 5.56 Å². The van der Waals surface area contributed by atoms with Gasteiger partial charge in [0.1, 0.15) is 5.69 Å². The largest absolute Gasteiger partial charge is 0.344 e. The van der Waals surface area contributed by atoms with Crippen LogP contribution in [0.2, 0.25) is 0 Å². The molecule has 0 aliphatic heterocycles. The van der Waals surface area contributed by atoms with E-state index >= 15 is 0 Å². The van der Waals surface area contributed by atoms with Gasteiger partial charge in [-0.1, -0.05) is 17.3 Å². The smallest absolute Gasteiger partial charge is 0.270 e. The molecule has 2 heterocycles. The highest BCUT2D eigenvalue weighted by molar-refractivity contribution is 5.93. The van der Waals surface area contributed by atoms with E-state index in [1.807, 2.05) is 19.1 Å². The number of nitrogens with one attached hydrogen (secondary N) is 1. The van der Waals surface area contributed by atoms with Crippen molar-refractivity contribution in [1.29, 1.82) is 0 Å². The Labute approximate surface area is 145 Å². The van der Waals surface area contributed by atoms with Gasteiger partial charge in [-0.2, -0.15) is 10.1 Å². The molecule has 1 aliphatic rings. The number of aryl methyl sites for hydroxylation is 4. The molecule has 0 fully saturated rings. The van der Waals surface area contributed by atoms with E-state index in [1.54, 1.807) is 24.7 Å². The Hall–Kier alpha value is -2.96. The van der Waals surface area contributed by atoms with Crippen molar-refractivity contribution in [2.45, 2.75) is 32.7 Å². The number of carbonyl (C=O) groups excluding carboxylic acids is 1. The zero-order valence-corrected chi connectivity index (χ0v) is 14.4.